The molecule has 4 heterocycles. The number of fused-ring (bicyclic) bond motifs is 1. The van der Waals surface area contributed by atoms with Gasteiger partial charge in [-0.15, -0.1) is 0 Å². The quantitative estimate of drug-likeness (QED) is 0.672. The fourth-order valence-corrected chi connectivity index (χ4v) is 4.28. The van der Waals surface area contributed by atoms with Crippen molar-refractivity contribution in [2.45, 2.75) is 25.4 Å². The van der Waals surface area contributed by atoms with Gasteiger partial charge in [-0.05, 0) is 35.7 Å². The highest BCUT2D eigenvalue weighted by molar-refractivity contribution is 6.33. The fraction of sp³-hybridized carbons (Fsp3) is 0.238. The van der Waals surface area contributed by atoms with Crippen LogP contribution in [-0.2, 0) is 17.8 Å². The maximum absolute atomic E-state index is 14.5. The molecule has 2 aliphatic heterocycles. The first-order valence-electron chi connectivity index (χ1n) is 9.57. The van der Waals surface area contributed by atoms with E-state index < -0.39 is 5.82 Å². The third-order valence-electron chi connectivity index (χ3n) is 5.43. The molecule has 0 spiro atoms. The normalized spacial score (nSPS) is 17.7. The highest BCUT2D eigenvalue weighted by Crippen LogP contribution is 2.33. The van der Waals surface area contributed by atoms with Gasteiger partial charge in [-0.2, -0.15) is 5.10 Å². The summed E-state index contributed by atoms with van der Waals surface area (Å²) in [6.45, 7) is 0.909. The van der Waals surface area contributed by atoms with Crippen LogP contribution in [0.1, 0.15) is 39.6 Å². The van der Waals surface area contributed by atoms with Gasteiger partial charge >= 0.3 is 0 Å². The van der Waals surface area contributed by atoms with Crippen LogP contribution >= 0.6 is 11.6 Å². The summed E-state index contributed by atoms with van der Waals surface area (Å²) in [6.07, 6.45) is 4.57. The molecule has 152 valence electrons. The van der Waals surface area contributed by atoms with Gasteiger partial charge in [-0.1, -0.05) is 17.7 Å². The lowest BCUT2D eigenvalue weighted by molar-refractivity contribution is -0.122. The van der Waals surface area contributed by atoms with E-state index in [0.717, 1.165) is 5.56 Å². The molecule has 0 aliphatic carbocycles. The molecule has 1 fully saturated rings. The number of aromatic nitrogens is 3. The molecule has 1 saturated heterocycles. The molecule has 0 radical (unpaired) electrons. The first-order chi connectivity index (χ1) is 14.5. The van der Waals surface area contributed by atoms with E-state index >= 15 is 0 Å². The number of halogens is 2. The zero-order valence-corrected chi connectivity index (χ0v) is 16.5. The highest BCUT2D eigenvalue weighted by atomic mass is 35.5. The van der Waals surface area contributed by atoms with E-state index in [-0.39, 0.29) is 35.0 Å². The van der Waals surface area contributed by atoms with Crippen molar-refractivity contribution in [3.8, 4) is 11.3 Å². The number of amides is 2. The number of carbonyl (C=O) groups is 2. The molecule has 5 rings (SSSR count). The lowest BCUT2D eigenvalue weighted by Crippen LogP contribution is -2.22. The minimum absolute atomic E-state index is 0.0506. The van der Waals surface area contributed by atoms with Crippen LogP contribution in [0, 0.1) is 5.82 Å². The highest BCUT2D eigenvalue weighted by Gasteiger charge is 2.28. The molecule has 2 aromatic heterocycles. The Morgan fingerprint density at radius 2 is 2.10 bits per heavy atom. The van der Waals surface area contributed by atoms with Gasteiger partial charge in [0.15, 0.2) is 0 Å². The van der Waals surface area contributed by atoms with Crippen LogP contribution in [-0.4, -0.2) is 33.1 Å². The summed E-state index contributed by atoms with van der Waals surface area (Å²) >= 11 is 6.23. The Morgan fingerprint density at radius 1 is 1.23 bits per heavy atom. The summed E-state index contributed by atoms with van der Waals surface area (Å²) in [5.74, 6) is -0.732. The lowest BCUT2D eigenvalue weighted by Gasteiger charge is -2.11. The van der Waals surface area contributed by atoms with Crippen LogP contribution in [0.2, 0.25) is 5.02 Å². The van der Waals surface area contributed by atoms with E-state index in [1.165, 1.54) is 12.1 Å². The van der Waals surface area contributed by atoms with Crippen molar-refractivity contribution in [1.29, 1.82) is 0 Å². The van der Waals surface area contributed by atoms with Gasteiger partial charge in [0.05, 0.1) is 40.3 Å². The summed E-state index contributed by atoms with van der Waals surface area (Å²) in [6, 6.07) is 5.85. The molecule has 1 atom stereocenters. The van der Waals surface area contributed by atoms with Crippen molar-refractivity contribution in [3.63, 3.8) is 0 Å². The molecule has 0 unspecified atom stereocenters. The van der Waals surface area contributed by atoms with E-state index in [1.807, 2.05) is 6.20 Å². The standard InChI is InChI=1S/C21H17ClFN5O2/c22-13-2-1-3-14(23)19(13)15-7-12(18-16(27-15)9-25-21(18)30)6-11-8-26-28(10-11)17-4-5-24-20(17)29/h1-3,7-8,10,17H,4-6,9H2,(H,24,29)(H,25,30)/t17-/m1/s1. The maximum atomic E-state index is 14.5. The molecule has 2 aliphatic rings. The maximum Gasteiger partial charge on any atom is 0.253 e. The Bertz CT molecular complexity index is 1170. The number of nitrogens with zero attached hydrogens (tertiary/aromatic N) is 3. The molecule has 3 aromatic rings. The molecule has 0 saturated carbocycles. The topological polar surface area (TPSA) is 88.9 Å². The van der Waals surface area contributed by atoms with Crippen molar-refractivity contribution in [3.05, 3.63) is 69.9 Å². The van der Waals surface area contributed by atoms with E-state index in [4.69, 9.17) is 11.6 Å². The molecular formula is C21H17ClFN5O2. The zero-order chi connectivity index (χ0) is 20.8. The summed E-state index contributed by atoms with van der Waals surface area (Å²) in [7, 11) is 0. The Labute approximate surface area is 176 Å². The SMILES string of the molecule is O=C1NCc2nc(-c3c(F)cccc3Cl)cc(Cc3cnn([C@@H]4CCNC4=O)c3)c21. The minimum Gasteiger partial charge on any atom is -0.354 e. The summed E-state index contributed by atoms with van der Waals surface area (Å²) < 4.78 is 16.1. The van der Waals surface area contributed by atoms with Crippen LogP contribution in [0.25, 0.3) is 11.3 Å². The van der Waals surface area contributed by atoms with E-state index in [2.05, 4.69) is 20.7 Å². The van der Waals surface area contributed by atoms with Crippen LogP contribution < -0.4 is 10.6 Å². The second-order valence-corrected chi connectivity index (χ2v) is 7.78. The predicted octanol–water partition coefficient (Wildman–Crippen LogP) is 2.63. The molecule has 9 heteroatoms. The van der Waals surface area contributed by atoms with Crippen LogP contribution in [0.15, 0.2) is 36.7 Å². The van der Waals surface area contributed by atoms with Gasteiger partial charge in [0.1, 0.15) is 11.9 Å². The average molecular weight is 426 g/mol. The third kappa shape index (κ3) is 3.13. The molecule has 0 bridgehead atoms. The number of hydrogen-bond acceptors (Lipinski definition) is 4. The Kier molecular flexibility index (Phi) is 4.51. The molecule has 2 N–H and O–H groups in total. The van der Waals surface area contributed by atoms with E-state index in [0.29, 0.717) is 41.9 Å². The summed E-state index contributed by atoms with van der Waals surface area (Å²) in [5, 5.41) is 10.1. The second kappa shape index (κ2) is 7.21. The number of pyridine rings is 1. The first-order valence-corrected chi connectivity index (χ1v) is 9.95. The van der Waals surface area contributed by atoms with Gasteiger partial charge in [-0.3, -0.25) is 14.3 Å². The molecular weight excluding hydrogens is 409 g/mol. The van der Waals surface area contributed by atoms with Crippen molar-refractivity contribution in [2.24, 2.45) is 0 Å². The van der Waals surface area contributed by atoms with Gasteiger partial charge in [0.25, 0.3) is 5.91 Å². The summed E-state index contributed by atoms with van der Waals surface area (Å²) in [4.78, 5) is 28.8. The Hall–Kier alpha value is -3.26. The third-order valence-corrected chi connectivity index (χ3v) is 5.74. The number of rotatable bonds is 4. The Balaban J connectivity index is 1.55. The van der Waals surface area contributed by atoms with Crippen LogP contribution in [0.5, 0.6) is 0 Å². The van der Waals surface area contributed by atoms with Gasteiger partial charge in [0.2, 0.25) is 5.91 Å². The fourth-order valence-electron chi connectivity index (χ4n) is 4.02. The predicted molar refractivity (Wildman–Crippen MR) is 108 cm³/mol. The zero-order valence-electron chi connectivity index (χ0n) is 15.8. The van der Waals surface area contributed by atoms with Crippen LogP contribution in [0.3, 0.4) is 0 Å². The van der Waals surface area contributed by atoms with Crippen molar-refractivity contribution in [1.82, 2.24) is 25.4 Å². The summed E-state index contributed by atoms with van der Waals surface area (Å²) in [5.41, 5.74) is 3.20. The molecule has 1 aromatic carbocycles. The molecule has 30 heavy (non-hydrogen) atoms. The van der Waals surface area contributed by atoms with Gasteiger partial charge in [0, 0.05) is 19.2 Å². The first kappa shape index (κ1) is 18.7. The number of benzene rings is 1. The van der Waals surface area contributed by atoms with E-state index in [1.54, 1.807) is 23.0 Å². The van der Waals surface area contributed by atoms with E-state index in [9.17, 15) is 14.0 Å². The van der Waals surface area contributed by atoms with Crippen molar-refractivity contribution >= 4 is 23.4 Å². The van der Waals surface area contributed by atoms with Gasteiger partial charge < -0.3 is 10.6 Å². The second-order valence-electron chi connectivity index (χ2n) is 7.37. The monoisotopic (exact) mass is 425 g/mol. The van der Waals surface area contributed by atoms with Crippen LogP contribution in [0.4, 0.5) is 4.39 Å². The number of carbonyl (C=O) groups excluding carboxylic acids is 2. The molecule has 7 nitrogen and oxygen atoms in total. The smallest absolute Gasteiger partial charge is 0.253 e. The molecule has 2 amide bonds. The minimum atomic E-state index is -0.474. The van der Waals surface area contributed by atoms with Crippen molar-refractivity contribution in [2.75, 3.05) is 6.54 Å². The lowest BCUT2D eigenvalue weighted by atomic mass is 9.98. The Morgan fingerprint density at radius 3 is 2.87 bits per heavy atom. The number of nitrogens with one attached hydrogen (secondary N) is 2. The van der Waals surface area contributed by atoms with Gasteiger partial charge in [-0.25, -0.2) is 9.37 Å². The van der Waals surface area contributed by atoms with Crippen molar-refractivity contribution < 1.29 is 14.0 Å². The average Bonchev–Trinajstić information content (AvgIpc) is 3.42. The largest absolute Gasteiger partial charge is 0.354 e. The number of hydrogen-bond donors (Lipinski definition) is 2.